The number of rotatable bonds is 4. The van der Waals surface area contributed by atoms with Crippen molar-refractivity contribution in [1.29, 1.82) is 0 Å². The first-order valence-electron chi connectivity index (χ1n) is 6.01. The van der Waals surface area contributed by atoms with E-state index in [9.17, 15) is 0 Å². The SMILES string of the molecule is COc1ccc(Br)c(CN2CCCC2CN)c1.Cl. The van der Waals surface area contributed by atoms with E-state index in [-0.39, 0.29) is 12.4 Å². The number of ether oxygens (including phenoxy) is 1. The molecule has 1 atom stereocenters. The van der Waals surface area contributed by atoms with Gasteiger partial charge in [0, 0.05) is 23.6 Å². The van der Waals surface area contributed by atoms with Crippen molar-refractivity contribution < 1.29 is 4.74 Å². The third-order valence-corrected chi connectivity index (χ3v) is 4.17. The number of nitrogens with zero attached hydrogens (tertiary/aromatic N) is 1. The quantitative estimate of drug-likeness (QED) is 0.919. The van der Waals surface area contributed by atoms with E-state index in [0.717, 1.165) is 29.9 Å². The molecule has 1 saturated heterocycles. The number of hydrogen-bond donors (Lipinski definition) is 1. The lowest BCUT2D eigenvalue weighted by molar-refractivity contribution is 0.249. The summed E-state index contributed by atoms with van der Waals surface area (Å²) in [5.41, 5.74) is 7.06. The molecular formula is C13H20BrClN2O. The highest BCUT2D eigenvalue weighted by molar-refractivity contribution is 9.10. The minimum absolute atomic E-state index is 0. The predicted octanol–water partition coefficient (Wildman–Crippen LogP) is 2.80. The van der Waals surface area contributed by atoms with E-state index < -0.39 is 0 Å². The van der Waals surface area contributed by atoms with Crippen molar-refractivity contribution in [2.45, 2.75) is 25.4 Å². The first-order valence-corrected chi connectivity index (χ1v) is 6.80. The van der Waals surface area contributed by atoms with Crippen LogP contribution < -0.4 is 10.5 Å². The molecule has 0 aliphatic carbocycles. The Bertz CT molecular complexity index is 389. The summed E-state index contributed by atoms with van der Waals surface area (Å²) in [7, 11) is 1.70. The second-order valence-corrected chi connectivity index (χ2v) is 5.31. The molecule has 3 nitrogen and oxygen atoms in total. The van der Waals surface area contributed by atoms with E-state index in [1.807, 2.05) is 12.1 Å². The van der Waals surface area contributed by atoms with Crippen molar-refractivity contribution in [1.82, 2.24) is 4.90 Å². The lowest BCUT2D eigenvalue weighted by Gasteiger charge is -2.23. The molecule has 0 spiro atoms. The van der Waals surface area contributed by atoms with Gasteiger partial charge in [0.25, 0.3) is 0 Å². The highest BCUT2D eigenvalue weighted by atomic mass is 79.9. The summed E-state index contributed by atoms with van der Waals surface area (Å²) in [4.78, 5) is 2.46. The topological polar surface area (TPSA) is 38.5 Å². The van der Waals surface area contributed by atoms with E-state index >= 15 is 0 Å². The summed E-state index contributed by atoms with van der Waals surface area (Å²) in [6.45, 7) is 2.84. The van der Waals surface area contributed by atoms with Crippen LogP contribution in [0, 0.1) is 0 Å². The molecule has 2 rings (SSSR count). The van der Waals surface area contributed by atoms with Gasteiger partial charge in [-0.3, -0.25) is 4.90 Å². The molecule has 1 aromatic rings. The number of nitrogens with two attached hydrogens (primary N) is 1. The van der Waals surface area contributed by atoms with Crippen molar-refractivity contribution in [2.75, 3.05) is 20.2 Å². The Hall–Kier alpha value is -0.290. The van der Waals surface area contributed by atoms with Crippen LogP contribution in [0.4, 0.5) is 0 Å². The van der Waals surface area contributed by atoms with Gasteiger partial charge in [0.1, 0.15) is 5.75 Å². The largest absolute Gasteiger partial charge is 0.497 e. The van der Waals surface area contributed by atoms with Gasteiger partial charge >= 0.3 is 0 Å². The van der Waals surface area contributed by atoms with Gasteiger partial charge in [-0.25, -0.2) is 0 Å². The fourth-order valence-corrected chi connectivity index (χ4v) is 2.76. The molecule has 1 aliphatic heterocycles. The molecule has 5 heteroatoms. The van der Waals surface area contributed by atoms with Crippen LogP contribution in [0.1, 0.15) is 18.4 Å². The molecule has 1 aromatic carbocycles. The molecule has 0 amide bonds. The van der Waals surface area contributed by atoms with Crippen LogP contribution in [-0.4, -0.2) is 31.1 Å². The summed E-state index contributed by atoms with van der Waals surface area (Å²) < 4.78 is 6.40. The van der Waals surface area contributed by atoms with Crippen molar-refractivity contribution >= 4 is 28.3 Å². The number of benzene rings is 1. The molecule has 1 aliphatic rings. The molecule has 0 radical (unpaired) electrons. The second-order valence-electron chi connectivity index (χ2n) is 4.46. The minimum Gasteiger partial charge on any atom is -0.497 e. The monoisotopic (exact) mass is 334 g/mol. The Kier molecular flexibility index (Phi) is 6.43. The average Bonchev–Trinajstić information content (AvgIpc) is 2.79. The zero-order valence-electron chi connectivity index (χ0n) is 10.6. The highest BCUT2D eigenvalue weighted by Gasteiger charge is 2.23. The summed E-state index contributed by atoms with van der Waals surface area (Å²) in [5.74, 6) is 0.909. The Labute approximate surface area is 123 Å². The smallest absolute Gasteiger partial charge is 0.119 e. The average molecular weight is 336 g/mol. The van der Waals surface area contributed by atoms with Crippen LogP contribution in [0.25, 0.3) is 0 Å². The van der Waals surface area contributed by atoms with Gasteiger partial charge in [0.05, 0.1) is 7.11 Å². The van der Waals surface area contributed by atoms with Crippen LogP contribution in [0.15, 0.2) is 22.7 Å². The van der Waals surface area contributed by atoms with Gasteiger partial charge in [-0.05, 0) is 43.1 Å². The molecule has 1 heterocycles. The number of hydrogen-bond acceptors (Lipinski definition) is 3. The van der Waals surface area contributed by atoms with Crippen LogP contribution in [-0.2, 0) is 6.54 Å². The second kappa shape index (κ2) is 7.34. The predicted molar refractivity (Wildman–Crippen MR) is 80.4 cm³/mol. The lowest BCUT2D eigenvalue weighted by Crippen LogP contribution is -2.34. The lowest BCUT2D eigenvalue weighted by atomic mass is 10.1. The molecule has 102 valence electrons. The maximum absolute atomic E-state index is 5.79. The first kappa shape index (κ1) is 15.8. The zero-order chi connectivity index (χ0) is 12.3. The van der Waals surface area contributed by atoms with Crippen LogP contribution in [0.2, 0.25) is 0 Å². The van der Waals surface area contributed by atoms with Crippen LogP contribution >= 0.6 is 28.3 Å². The van der Waals surface area contributed by atoms with Gasteiger partial charge in [-0.15, -0.1) is 12.4 Å². The summed E-state index contributed by atoms with van der Waals surface area (Å²) in [6.07, 6.45) is 2.47. The van der Waals surface area contributed by atoms with Crippen molar-refractivity contribution in [2.24, 2.45) is 5.73 Å². The van der Waals surface area contributed by atoms with E-state index in [0.29, 0.717) is 6.04 Å². The maximum atomic E-state index is 5.79. The Morgan fingerprint density at radius 3 is 2.94 bits per heavy atom. The molecular weight excluding hydrogens is 316 g/mol. The summed E-state index contributed by atoms with van der Waals surface area (Å²) in [5, 5.41) is 0. The standard InChI is InChI=1S/C13H19BrN2O.ClH/c1-17-12-4-5-13(14)10(7-12)9-16-6-2-3-11(16)8-15;/h4-5,7,11H,2-3,6,8-9,15H2,1H3;1H. The normalized spacial score (nSPS) is 19.6. The van der Waals surface area contributed by atoms with Gasteiger partial charge in [-0.1, -0.05) is 15.9 Å². The number of methoxy groups -OCH3 is 1. The molecule has 1 fully saturated rings. The Morgan fingerprint density at radius 1 is 1.50 bits per heavy atom. The zero-order valence-corrected chi connectivity index (χ0v) is 13.0. The van der Waals surface area contributed by atoms with Gasteiger partial charge in [-0.2, -0.15) is 0 Å². The summed E-state index contributed by atoms with van der Waals surface area (Å²) >= 11 is 3.60. The molecule has 0 aromatic heterocycles. The van der Waals surface area contributed by atoms with Crippen molar-refractivity contribution in [3.05, 3.63) is 28.2 Å². The van der Waals surface area contributed by atoms with E-state index in [1.165, 1.54) is 18.4 Å². The minimum atomic E-state index is 0. The van der Waals surface area contributed by atoms with Crippen LogP contribution in [0.5, 0.6) is 5.75 Å². The van der Waals surface area contributed by atoms with E-state index in [1.54, 1.807) is 7.11 Å². The molecule has 1 unspecified atom stereocenters. The van der Waals surface area contributed by atoms with E-state index in [4.69, 9.17) is 10.5 Å². The number of likely N-dealkylation sites (tertiary alicyclic amines) is 1. The third-order valence-electron chi connectivity index (χ3n) is 3.40. The van der Waals surface area contributed by atoms with Crippen LogP contribution in [0.3, 0.4) is 0 Å². The van der Waals surface area contributed by atoms with Crippen molar-refractivity contribution in [3.8, 4) is 5.75 Å². The fraction of sp³-hybridized carbons (Fsp3) is 0.538. The van der Waals surface area contributed by atoms with Crippen molar-refractivity contribution in [3.63, 3.8) is 0 Å². The Morgan fingerprint density at radius 2 is 2.28 bits per heavy atom. The maximum Gasteiger partial charge on any atom is 0.119 e. The molecule has 0 bridgehead atoms. The molecule has 18 heavy (non-hydrogen) atoms. The molecule has 2 N–H and O–H groups in total. The van der Waals surface area contributed by atoms with Gasteiger partial charge in [0.15, 0.2) is 0 Å². The summed E-state index contributed by atoms with van der Waals surface area (Å²) in [6, 6.07) is 6.64. The number of halogens is 2. The fourth-order valence-electron chi connectivity index (χ4n) is 2.39. The Balaban J connectivity index is 0.00000162. The molecule has 0 saturated carbocycles. The van der Waals surface area contributed by atoms with Gasteiger partial charge in [0.2, 0.25) is 0 Å². The van der Waals surface area contributed by atoms with Gasteiger partial charge < -0.3 is 10.5 Å². The van der Waals surface area contributed by atoms with E-state index in [2.05, 4.69) is 26.9 Å². The first-order chi connectivity index (χ1) is 8.24. The highest BCUT2D eigenvalue weighted by Crippen LogP contribution is 2.26. The third kappa shape index (κ3) is 3.60.